The van der Waals surface area contributed by atoms with Gasteiger partial charge < -0.3 is 9.88 Å². The van der Waals surface area contributed by atoms with Crippen molar-refractivity contribution in [3.8, 4) is 6.07 Å². The average Bonchev–Trinajstić information content (AvgIpc) is 3.19. The molecule has 3 aromatic carbocycles. The molecule has 34 heavy (non-hydrogen) atoms. The van der Waals surface area contributed by atoms with Crippen LogP contribution in [0.15, 0.2) is 90.6 Å². The normalized spacial score (nSPS) is 11.1. The molecule has 1 heterocycles. The summed E-state index contributed by atoms with van der Waals surface area (Å²) in [6.45, 7) is 0.0317. The molecule has 1 N–H and O–H groups in total. The second kappa shape index (κ2) is 9.63. The lowest BCUT2D eigenvalue weighted by molar-refractivity contribution is -0.384. The number of para-hydroxylation sites is 2. The van der Waals surface area contributed by atoms with Gasteiger partial charge >= 0.3 is 0 Å². The largest absolute Gasteiger partial charge is 0.337 e. The number of nitrogens with zero attached hydrogens (tertiary/aromatic N) is 3. The molecule has 0 saturated carbocycles. The summed E-state index contributed by atoms with van der Waals surface area (Å²) in [6, 6.07) is 23.6. The number of nitrogens with one attached hydrogen (secondary N) is 1. The van der Waals surface area contributed by atoms with E-state index in [0.29, 0.717) is 11.3 Å². The van der Waals surface area contributed by atoms with Gasteiger partial charge in [0.25, 0.3) is 5.69 Å². The molecule has 4 aromatic rings. The first-order chi connectivity index (χ1) is 16.5. The Morgan fingerprint density at radius 1 is 1.03 bits per heavy atom. The van der Waals surface area contributed by atoms with E-state index in [2.05, 4.69) is 5.32 Å². The van der Waals surface area contributed by atoms with E-state index in [1.165, 1.54) is 24.3 Å². The monoisotopic (exact) mass is 450 g/mol. The highest BCUT2D eigenvalue weighted by atomic mass is 16.6. The molecule has 0 aliphatic heterocycles. The van der Waals surface area contributed by atoms with Crippen LogP contribution in [0.25, 0.3) is 17.0 Å². The van der Waals surface area contributed by atoms with E-state index in [0.717, 1.165) is 17.0 Å². The van der Waals surface area contributed by atoms with Gasteiger partial charge in [0.05, 0.1) is 4.92 Å². The van der Waals surface area contributed by atoms with Crippen molar-refractivity contribution in [2.45, 2.75) is 6.54 Å². The molecule has 8 heteroatoms. The van der Waals surface area contributed by atoms with Crippen molar-refractivity contribution in [1.82, 2.24) is 4.57 Å². The van der Waals surface area contributed by atoms with Crippen LogP contribution < -0.4 is 5.32 Å². The van der Waals surface area contributed by atoms with Crippen LogP contribution in [0, 0.1) is 21.4 Å². The van der Waals surface area contributed by atoms with E-state index in [4.69, 9.17) is 0 Å². The standard InChI is InChI=1S/C26H18N4O4/c27-15-19(26(32)18-7-6-10-22(14-18)30(33)34)13-20-16-29(24-12-5-4-11-23(20)24)17-25(31)28-21-8-2-1-3-9-21/h1-14,16H,17H2,(H,28,31)/b19-13+. The van der Waals surface area contributed by atoms with Crippen LogP contribution in [0.4, 0.5) is 11.4 Å². The number of nitro benzene ring substituents is 1. The minimum atomic E-state index is -0.621. The zero-order valence-corrected chi connectivity index (χ0v) is 17.8. The number of non-ortho nitro benzene ring substituents is 1. The lowest BCUT2D eigenvalue weighted by Crippen LogP contribution is -2.18. The van der Waals surface area contributed by atoms with Crippen LogP contribution in [0.5, 0.6) is 0 Å². The molecule has 0 aliphatic carbocycles. The fourth-order valence-corrected chi connectivity index (χ4v) is 3.62. The van der Waals surface area contributed by atoms with Crippen molar-refractivity contribution in [2.75, 3.05) is 5.32 Å². The Bertz CT molecular complexity index is 1480. The minimum Gasteiger partial charge on any atom is -0.337 e. The van der Waals surface area contributed by atoms with Gasteiger partial charge in [0.15, 0.2) is 0 Å². The van der Waals surface area contributed by atoms with Crippen molar-refractivity contribution in [1.29, 1.82) is 5.26 Å². The van der Waals surface area contributed by atoms with E-state index in [-0.39, 0.29) is 29.3 Å². The number of Topliss-reactive ketones (excluding diaryl/α,β-unsaturated/α-hetero) is 1. The third kappa shape index (κ3) is 4.74. The first-order valence-corrected chi connectivity index (χ1v) is 10.3. The molecule has 1 aromatic heterocycles. The Morgan fingerprint density at radius 3 is 2.50 bits per heavy atom. The number of rotatable bonds is 7. The summed E-state index contributed by atoms with van der Waals surface area (Å²) in [4.78, 5) is 35.9. The number of fused-ring (bicyclic) bond motifs is 1. The van der Waals surface area contributed by atoms with Crippen LogP contribution in [0.3, 0.4) is 0 Å². The quantitative estimate of drug-likeness (QED) is 0.140. The Hall–Kier alpha value is -5.03. The van der Waals surface area contributed by atoms with Gasteiger partial charge in [-0.15, -0.1) is 0 Å². The van der Waals surface area contributed by atoms with E-state index >= 15 is 0 Å². The van der Waals surface area contributed by atoms with Crippen LogP contribution in [-0.4, -0.2) is 21.2 Å². The van der Waals surface area contributed by atoms with E-state index < -0.39 is 10.7 Å². The zero-order valence-electron chi connectivity index (χ0n) is 17.8. The SMILES string of the molecule is N#C/C(=C\c1cn(CC(=O)Nc2ccccc2)c2ccccc12)C(=O)c1cccc([N+](=O)[O-])c1. The maximum absolute atomic E-state index is 12.9. The second-order valence-corrected chi connectivity index (χ2v) is 7.45. The van der Waals surface area contributed by atoms with Crippen molar-refractivity contribution in [3.63, 3.8) is 0 Å². The second-order valence-electron chi connectivity index (χ2n) is 7.45. The number of nitro groups is 1. The van der Waals surface area contributed by atoms with Gasteiger partial charge in [0, 0.05) is 46.0 Å². The zero-order chi connectivity index (χ0) is 24.1. The first-order valence-electron chi connectivity index (χ1n) is 10.3. The van der Waals surface area contributed by atoms with Crippen molar-refractivity contribution >= 4 is 40.0 Å². The average molecular weight is 450 g/mol. The van der Waals surface area contributed by atoms with Crippen LogP contribution >= 0.6 is 0 Å². The number of hydrogen-bond acceptors (Lipinski definition) is 5. The summed E-state index contributed by atoms with van der Waals surface area (Å²) in [7, 11) is 0. The number of nitriles is 1. The van der Waals surface area contributed by atoms with Crippen molar-refractivity contribution in [2.24, 2.45) is 0 Å². The Morgan fingerprint density at radius 2 is 1.76 bits per heavy atom. The molecule has 0 fully saturated rings. The summed E-state index contributed by atoms with van der Waals surface area (Å²) < 4.78 is 1.74. The first kappa shape index (κ1) is 22.2. The summed E-state index contributed by atoms with van der Waals surface area (Å²) in [5, 5.41) is 24.3. The fraction of sp³-hybridized carbons (Fsp3) is 0.0385. The predicted molar refractivity (Wildman–Crippen MR) is 128 cm³/mol. The van der Waals surface area contributed by atoms with Crippen molar-refractivity contribution < 1.29 is 14.5 Å². The molecular weight excluding hydrogens is 432 g/mol. The number of aromatic nitrogens is 1. The fourth-order valence-electron chi connectivity index (χ4n) is 3.62. The van der Waals surface area contributed by atoms with E-state index in [1.54, 1.807) is 22.9 Å². The van der Waals surface area contributed by atoms with Crippen LogP contribution in [0.2, 0.25) is 0 Å². The van der Waals surface area contributed by atoms with Gasteiger partial charge in [-0.1, -0.05) is 48.5 Å². The Labute approximate surface area is 194 Å². The van der Waals surface area contributed by atoms with Gasteiger partial charge in [-0.25, -0.2) is 0 Å². The highest BCUT2D eigenvalue weighted by Gasteiger charge is 2.17. The Balaban J connectivity index is 1.66. The summed E-state index contributed by atoms with van der Waals surface area (Å²) in [5.74, 6) is -0.847. The summed E-state index contributed by atoms with van der Waals surface area (Å²) in [6.07, 6.45) is 3.14. The van der Waals surface area contributed by atoms with E-state index in [1.807, 2.05) is 48.5 Å². The molecule has 0 aliphatic rings. The third-order valence-electron chi connectivity index (χ3n) is 5.17. The Kier molecular flexibility index (Phi) is 6.28. The van der Waals surface area contributed by atoms with Gasteiger partial charge in [-0.3, -0.25) is 19.7 Å². The minimum absolute atomic E-state index is 0.0317. The molecule has 0 atom stereocenters. The maximum Gasteiger partial charge on any atom is 0.270 e. The van der Waals surface area contributed by atoms with Gasteiger partial charge in [0.2, 0.25) is 11.7 Å². The highest BCUT2D eigenvalue weighted by Crippen LogP contribution is 2.25. The molecule has 4 rings (SSSR count). The molecule has 0 unspecified atom stereocenters. The lowest BCUT2D eigenvalue weighted by Gasteiger charge is -2.07. The maximum atomic E-state index is 12.9. The molecular formula is C26H18N4O4. The van der Waals surface area contributed by atoms with Crippen LogP contribution in [-0.2, 0) is 11.3 Å². The molecule has 0 saturated heterocycles. The molecule has 8 nitrogen and oxygen atoms in total. The number of allylic oxidation sites excluding steroid dienone is 1. The van der Waals surface area contributed by atoms with E-state index in [9.17, 15) is 25.0 Å². The van der Waals surface area contributed by atoms with Crippen molar-refractivity contribution in [3.05, 3.63) is 112 Å². The smallest absolute Gasteiger partial charge is 0.270 e. The topological polar surface area (TPSA) is 118 Å². The molecule has 0 spiro atoms. The molecule has 1 amide bonds. The number of amides is 1. The lowest BCUT2D eigenvalue weighted by atomic mass is 10.0. The molecule has 166 valence electrons. The van der Waals surface area contributed by atoms with Crippen LogP contribution in [0.1, 0.15) is 15.9 Å². The van der Waals surface area contributed by atoms with Gasteiger partial charge in [0.1, 0.15) is 18.2 Å². The number of anilines is 1. The number of carbonyl (C=O) groups is 2. The number of ketones is 1. The highest BCUT2D eigenvalue weighted by molar-refractivity contribution is 6.15. The molecule has 0 radical (unpaired) electrons. The van der Waals surface area contributed by atoms with Gasteiger partial charge in [-0.2, -0.15) is 5.26 Å². The predicted octanol–water partition coefficient (Wildman–Crippen LogP) is 4.98. The summed E-state index contributed by atoms with van der Waals surface area (Å²) >= 11 is 0. The number of carbonyl (C=O) groups excluding carboxylic acids is 2. The number of benzene rings is 3. The molecule has 0 bridgehead atoms. The third-order valence-corrected chi connectivity index (χ3v) is 5.17. The summed E-state index contributed by atoms with van der Waals surface area (Å²) in [5.41, 5.74) is 1.67. The number of hydrogen-bond donors (Lipinski definition) is 1. The van der Waals surface area contributed by atoms with Gasteiger partial charge in [-0.05, 0) is 24.3 Å².